The molecule has 0 aliphatic carbocycles. The van der Waals surface area contributed by atoms with Gasteiger partial charge in [0, 0.05) is 32.4 Å². The summed E-state index contributed by atoms with van der Waals surface area (Å²) in [4.78, 5) is 8.41. The highest BCUT2D eigenvalue weighted by molar-refractivity contribution is 7.89. The van der Waals surface area contributed by atoms with E-state index in [1.807, 2.05) is 38.1 Å². The number of fused-ring (bicyclic) bond motifs is 1. The predicted molar refractivity (Wildman–Crippen MR) is 121 cm³/mol. The Morgan fingerprint density at radius 2 is 1.97 bits per heavy atom. The molecule has 11 heteroatoms. The molecule has 4 rings (SSSR count). The summed E-state index contributed by atoms with van der Waals surface area (Å²) in [6, 6.07) is 11.2. The van der Waals surface area contributed by atoms with Gasteiger partial charge >= 0.3 is 0 Å². The van der Waals surface area contributed by atoms with Crippen LogP contribution in [0.1, 0.15) is 18.1 Å². The largest absolute Gasteiger partial charge is 0.363 e. The van der Waals surface area contributed by atoms with Crippen LogP contribution in [-0.4, -0.2) is 43.7 Å². The zero-order valence-corrected chi connectivity index (χ0v) is 18.8. The summed E-state index contributed by atoms with van der Waals surface area (Å²) in [5.41, 5.74) is 2.07. The van der Waals surface area contributed by atoms with Gasteiger partial charge in [0.25, 0.3) is 5.95 Å². The van der Waals surface area contributed by atoms with Crippen LogP contribution in [0.3, 0.4) is 0 Å². The Kier molecular flexibility index (Phi) is 5.70. The Labute approximate surface area is 186 Å². The number of nitrogens with two attached hydrogens (primary N) is 1. The number of benzene rings is 2. The van der Waals surface area contributed by atoms with Crippen molar-refractivity contribution in [1.82, 2.24) is 15.2 Å². The fraction of sp³-hybridized carbons (Fsp3) is 0.286. The van der Waals surface area contributed by atoms with Crippen molar-refractivity contribution >= 4 is 33.3 Å². The van der Waals surface area contributed by atoms with Crippen LogP contribution < -0.4 is 20.3 Å². The first-order valence-electron chi connectivity index (χ1n) is 9.99. The van der Waals surface area contributed by atoms with Gasteiger partial charge in [-0.3, -0.25) is 0 Å². The molecule has 1 aliphatic heterocycles. The van der Waals surface area contributed by atoms with E-state index in [9.17, 15) is 12.8 Å². The summed E-state index contributed by atoms with van der Waals surface area (Å²) in [5, 5.41) is 17.2. The molecule has 0 saturated heterocycles. The zero-order chi connectivity index (χ0) is 23.0. The number of sulfonamides is 1. The second-order valence-corrected chi connectivity index (χ2v) is 9.41. The van der Waals surface area contributed by atoms with Crippen LogP contribution in [-0.2, 0) is 23.0 Å². The van der Waals surface area contributed by atoms with E-state index in [0.717, 1.165) is 5.56 Å². The van der Waals surface area contributed by atoms with Crippen molar-refractivity contribution in [2.45, 2.75) is 30.8 Å². The lowest BCUT2D eigenvalue weighted by atomic mass is 10.1. The number of aromatic nitrogens is 3. The van der Waals surface area contributed by atoms with Crippen LogP contribution in [0.25, 0.3) is 0 Å². The highest BCUT2D eigenvalue weighted by Gasteiger charge is 2.33. The molecule has 1 atom stereocenters. The molecule has 0 saturated carbocycles. The smallest absolute Gasteiger partial charge is 0.252 e. The van der Waals surface area contributed by atoms with Crippen molar-refractivity contribution in [3.05, 3.63) is 59.4 Å². The Morgan fingerprint density at radius 3 is 2.66 bits per heavy atom. The van der Waals surface area contributed by atoms with Crippen LogP contribution in [0.5, 0.6) is 0 Å². The van der Waals surface area contributed by atoms with E-state index in [2.05, 4.69) is 20.5 Å². The van der Waals surface area contributed by atoms with Crippen LogP contribution >= 0.6 is 0 Å². The maximum absolute atomic E-state index is 13.5. The van der Waals surface area contributed by atoms with E-state index < -0.39 is 10.0 Å². The van der Waals surface area contributed by atoms with Crippen molar-refractivity contribution in [2.24, 2.45) is 5.14 Å². The number of anilines is 4. The minimum Gasteiger partial charge on any atom is -0.363 e. The van der Waals surface area contributed by atoms with Crippen molar-refractivity contribution in [2.75, 3.05) is 29.2 Å². The number of hydrogen-bond acceptors (Lipinski definition) is 8. The Morgan fingerprint density at radius 1 is 1.22 bits per heavy atom. The third kappa shape index (κ3) is 4.21. The standard InChI is InChI=1S/C21H24FN7O2S/c1-13-10-16-17(8-5-9-18(16)32(23,30)31)29(13)21-25-19(20(26-27-21)28(2)3)24-12-14-6-4-7-15(22)11-14/h4-9,11,13H,10,12H2,1-3H3,(H2,23,30,31)(H,24,25,27). The molecule has 1 aliphatic rings. The fourth-order valence-electron chi connectivity index (χ4n) is 3.85. The molecule has 0 fully saturated rings. The van der Waals surface area contributed by atoms with Crippen molar-refractivity contribution in [1.29, 1.82) is 0 Å². The predicted octanol–water partition coefficient (Wildman–Crippen LogP) is 2.42. The molecule has 3 N–H and O–H groups in total. The Bertz CT molecular complexity index is 1270. The highest BCUT2D eigenvalue weighted by atomic mass is 32.2. The maximum atomic E-state index is 13.5. The summed E-state index contributed by atoms with van der Waals surface area (Å²) in [7, 11) is -0.210. The van der Waals surface area contributed by atoms with E-state index >= 15 is 0 Å². The van der Waals surface area contributed by atoms with Gasteiger partial charge in [-0.2, -0.15) is 4.98 Å². The summed E-state index contributed by atoms with van der Waals surface area (Å²) < 4.78 is 37.6. The van der Waals surface area contributed by atoms with Gasteiger partial charge < -0.3 is 15.1 Å². The molecule has 1 unspecified atom stereocenters. The number of rotatable bonds is 6. The SMILES string of the molecule is CC1Cc2c(cccc2S(N)(=O)=O)N1c1nnc(N(C)C)c(NCc2cccc(F)c2)n1. The van der Waals surface area contributed by atoms with Gasteiger partial charge in [-0.15, -0.1) is 10.2 Å². The van der Waals surface area contributed by atoms with Crippen LogP contribution in [0, 0.1) is 5.82 Å². The zero-order valence-electron chi connectivity index (χ0n) is 17.9. The second-order valence-electron chi connectivity index (χ2n) is 7.88. The van der Waals surface area contributed by atoms with E-state index in [1.165, 1.54) is 18.2 Å². The van der Waals surface area contributed by atoms with Gasteiger partial charge in [0.2, 0.25) is 10.0 Å². The molecule has 0 radical (unpaired) electrons. The molecule has 2 heterocycles. The monoisotopic (exact) mass is 457 g/mol. The lowest BCUT2D eigenvalue weighted by Crippen LogP contribution is -2.27. The third-order valence-electron chi connectivity index (χ3n) is 5.26. The van der Waals surface area contributed by atoms with Gasteiger partial charge in [0.05, 0.1) is 4.90 Å². The minimum absolute atomic E-state index is 0.101. The normalized spacial score (nSPS) is 15.5. The van der Waals surface area contributed by atoms with E-state index in [-0.39, 0.29) is 16.8 Å². The van der Waals surface area contributed by atoms with E-state index in [0.29, 0.717) is 41.8 Å². The van der Waals surface area contributed by atoms with Gasteiger partial charge in [0.15, 0.2) is 11.6 Å². The summed E-state index contributed by atoms with van der Waals surface area (Å²) >= 11 is 0. The average molecular weight is 458 g/mol. The van der Waals surface area contributed by atoms with E-state index in [1.54, 1.807) is 17.0 Å². The number of hydrogen-bond donors (Lipinski definition) is 2. The topological polar surface area (TPSA) is 117 Å². The van der Waals surface area contributed by atoms with Gasteiger partial charge in [-0.1, -0.05) is 18.2 Å². The quantitative estimate of drug-likeness (QED) is 0.580. The van der Waals surface area contributed by atoms with Crippen molar-refractivity contribution in [3.63, 3.8) is 0 Å². The van der Waals surface area contributed by atoms with Gasteiger partial charge in [0.1, 0.15) is 5.82 Å². The molecule has 0 amide bonds. The number of nitrogens with zero attached hydrogens (tertiary/aromatic N) is 5. The first-order chi connectivity index (χ1) is 15.1. The molecule has 3 aromatic rings. The van der Waals surface area contributed by atoms with Crippen LogP contribution in [0.4, 0.5) is 27.7 Å². The molecular formula is C21H24FN7O2S. The minimum atomic E-state index is -3.86. The van der Waals surface area contributed by atoms with Crippen LogP contribution in [0.15, 0.2) is 47.4 Å². The Hall–Kier alpha value is -3.31. The first-order valence-corrected chi connectivity index (χ1v) is 11.5. The van der Waals surface area contributed by atoms with Gasteiger partial charge in [-0.05, 0) is 48.7 Å². The number of primary sulfonamides is 1. The number of halogens is 1. The van der Waals surface area contributed by atoms with Crippen molar-refractivity contribution in [3.8, 4) is 0 Å². The van der Waals surface area contributed by atoms with E-state index in [4.69, 9.17) is 5.14 Å². The molecule has 0 spiro atoms. The maximum Gasteiger partial charge on any atom is 0.252 e. The molecule has 9 nitrogen and oxygen atoms in total. The first kappa shape index (κ1) is 21.9. The second kappa shape index (κ2) is 8.32. The number of nitrogens with one attached hydrogen (secondary N) is 1. The summed E-state index contributed by atoms with van der Waals surface area (Å²) in [6.07, 6.45) is 0.479. The molecular weight excluding hydrogens is 433 g/mol. The molecule has 168 valence electrons. The average Bonchev–Trinajstić information content (AvgIpc) is 3.06. The Balaban J connectivity index is 1.72. The molecule has 2 aromatic carbocycles. The van der Waals surface area contributed by atoms with Crippen molar-refractivity contribution < 1.29 is 12.8 Å². The van der Waals surface area contributed by atoms with Gasteiger partial charge in [-0.25, -0.2) is 17.9 Å². The summed E-state index contributed by atoms with van der Waals surface area (Å²) in [5.74, 6) is 1.02. The molecule has 0 bridgehead atoms. The summed E-state index contributed by atoms with van der Waals surface area (Å²) in [6.45, 7) is 2.30. The highest BCUT2D eigenvalue weighted by Crippen LogP contribution is 2.40. The fourth-order valence-corrected chi connectivity index (χ4v) is 4.65. The lowest BCUT2D eigenvalue weighted by molar-refractivity contribution is 0.596. The third-order valence-corrected chi connectivity index (χ3v) is 6.26. The molecule has 32 heavy (non-hydrogen) atoms. The molecule has 1 aromatic heterocycles. The lowest BCUT2D eigenvalue weighted by Gasteiger charge is -2.24. The van der Waals surface area contributed by atoms with Crippen LogP contribution in [0.2, 0.25) is 0 Å².